The first-order valence-corrected chi connectivity index (χ1v) is 7.70. The maximum Gasteiger partial charge on any atom is 0.203 e. The molecule has 19 heavy (non-hydrogen) atoms. The number of rotatable bonds is 1. The van der Waals surface area contributed by atoms with E-state index in [0.29, 0.717) is 10.6 Å². The molecule has 0 N–H and O–H groups in total. The lowest BCUT2D eigenvalue weighted by atomic mass is 10.2. The van der Waals surface area contributed by atoms with Crippen LogP contribution in [-0.2, 0) is 9.84 Å². The predicted octanol–water partition coefficient (Wildman–Crippen LogP) is 2.06. The number of anilines is 1. The Kier molecular flexibility index (Phi) is 1.94. The van der Waals surface area contributed by atoms with Gasteiger partial charge in [0.25, 0.3) is 0 Å². The Morgan fingerprint density at radius 2 is 1.89 bits per heavy atom. The number of hydrogen-bond acceptors (Lipinski definition) is 4. The number of para-hydroxylation sites is 1. The monoisotopic (exact) mass is 272 g/mol. The van der Waals surface area contributed by atoms with E-state index in [4.69, 9.17) is 0 Å². The van der Waals surface area contributed by atoms with Crippen LogP contribution in [0.25, 0.3) is 0 Å². The van der Waals surface area contributed by atoms with Crippen molar-refractivity contribution in [1.82, 2.24) is 4.98 Å². The number of hydrogen-bond donors (Lipinski definition) is 0. The summed E-state index contributed by atoms with van der Waals surface area (Å²) in [4.78, 5) is 6.50. The van der Waals surface area contributed by atoms with Gasteiger partial charge in [0.1, 0.15) is 0 Å². The van der Waals surface area contributed by atoms with Crippen LogP contribution in [-0.4, -0.2) is 18.8 Å². The molecule has 0 saturated carbocycles. The fourth-order valence-electron chi connectivity index (χ4n) is 3.04. The molecule has 1 fully saturated rings. The lowest BCUT2D eigenvalue weighted by molar-refractivity contribution is 0.596. The molecule has 0 spiro atoms. The van der Waals surface area contributed by atoms with Crippen molar-refractivity contribution in [3.8, 4) is 0 Å². The zero-order chi connectivity index (χ0) is 13.2. The highest BCUT2D eigenvalue weighted by Gasteiger charge is 2.64. The Bertz CT molecular complexity index is 771. The molecule has 3 heterocycles. The van der Waals surface area contributed by atoms with E-state index in [9.17, 15) is 8.42 Å². The van der Waals surface area contributed by atoms with Crippen LogP contribution in [0.1, 0.15) is 17.3 Å². The Balaban J connectivity index is 1.88. The molecule has 0 bridgehead atoms. The Labute approximate surface area is 111 Å². The number of benzene rings is 1. The van der Waals surface area contributed by atoms with Crippen molar-refractivity contribution in [3.63, 3.8) is 0 Å². The van der Waals surface area contributed by atoms with E-state index in [-0.39, 0.29) is 6.04 Å². The van der Waals surface area contributed by atoms with Gasteiger partial charge in [-0.3, -0.25) is 4.98 Å². The van der Waals surface area contributed by atoms with Gasteiger partial charge in [0.2, 0.25) is 9.84 Å². The van der Waals surface area contributed by atoms with Gasteiger partial charge in [-0.1, -0.05) is 18.2 Å². The van der Waals surface area contributed by atoms with Crippen LogP contribution < -0.4 is 4.90 Å². The lowest BCUT2D eigenvalue weighted by Crippen LogP contribution is -2.15. The molecule has 2 unspecified atom stereocenters. The van der Waals surface area contributed by atoms with E-state index in [1.54, 1.807) is 13.1 Å². The minimum Gasteiger partial charge on any atom is -0.342 e. The third-order valence-corrected chi connectivity index (χ3v) is 6.06. The summed E-state index contributed by atoms with van der Waals surface area (Å²) in [5.41, 5.74) is 2.46. The zero-order valence-corrected chi connectivity index (χ0v) is 11.1. The zero-order valence-electron chi connectivity index (χ0n) is 10.3. The fraction of sp³-hybridized carbons (Fsp3) is 0.214. The van der Waals surface area contributed by atoms with Gasteiger partial charge >= 0.3 is 0 Å². The summed E-state index contributed by atoms with van der Waals surface area (Å²) in [5, 5.41) is -0.437. The molecule has 96 valence electrons. The van der Waals surface area contributed by atoms with Gasteiger partial charge in [-0.15, -0.1) is 0 Å². The molecule has 5 heteroatoms. The summed E-state index contributed by atoms with van der Waals surface area (Å²) >= 11 is 0. The van der Waals surface area contributed by atoms with Crippen molar-refractivity contribution in [2.75, 3.05) is 4.90 Å². The van der Waals surface area contributed by atoms with E-state index < -0.39 is 15.2 Å². The molecule has 2 aliphatic rings. The largest absolute Gasteiger partial charge is 0.342 e. The van der Waals surface area contributed by atoms with E-state index in [2.05, 4.69) is 4.98 Å². The van der Waals surface area contributed by atoms with Crippen LogP contribution in [0.3, 0.4) is 0 Å². The highest BCUT2D eigenvalue weighted by molar-refractivity contribution is 7.93. The van der Waals surface area contributed by atoms with Crippen LogP contribution in [0.4, 0.5) is 5.69 Å². The predicted molar refractivity (Wildman–Crippen MR) is 71.6 cm³/mol. The quantitative estimate of drug-likeness (QED) is 0.746. The van der Waals surface area contributed by atoms with Crippen LogP contribution in [0.5, 0.6) is 0 Å². The smallest absolute Gasteiger partial charge is 0.203 e. The summed E-state index contributed by atoms with van der Waals surface area (Å²) in [7, 11) is -3.27. The molecule has 2 atom stereocenters. The fourth-order valence-corrected chi connectivity index (χ4v) is 5.36. The summed E-state index contributed by atoms with van der Waals surface area (Å²) in [5.74, 6) is 0. The highest BCUT2D eigenvalue weighted by atomic mass is 32.2. The summed E-state index contributed by atoms with van der Waals surface area (Å²) in [6.45, 7) is 1.76. The molecule has 2 aromatic rings. The van der Waals surface area contributed by atoms with Crippen molar-refractivity contribution >= 4 is 15.5 Å². The summed E-state index contributed by atoms with van der Waals surface area (Å²) in [6.07, 6.45) is 1.69. The normalized spacial score (nSPS) is 25.8. The molecule has 1 saturated heterocycles. The van der Waals surface area contributed by atoms with Crippen LogP contribution in [0, 0.1) is 6.92 Å². The number of aromatic nitrogens is 1. The van der Waals surface area contributed by atoms with E-state index in [1.807, 2.05) is 41.3 Å². The number of sulfone groups is 1. The molecular weight excluding hydrogens is 260 g/mol. The van der Waals surface area contributed by atoms with Gasteiger partial charge in [-0.25, -0.2) is 8.42 Å². The van der Waals surface area contributed by atoms with Gasteiger partial charge in [0.15, 0.2) is 5.37 Å². The van der Waals surface area contributed by atoms with Crippen molar-refractivity contribution in [2.45, 2.75) is 23.2 Å². The Morgan fingerprint density at radius 3 is 2.63 bits per heavy atom. The minimum absolute atomic E-state index is 0.0379. The van der Waals surface area contributed by atoms with Crippen LogP contribution in [0.2, 0.25) is 0 Å². The maximum absolute atomic E-state index is 12.5. The second-order valence-electron chi connectivity index (χ2n) is 4.94. The molecule has 4 nitrogen and oxygen atoms in total. The lowest BCUT2D eigenvalue weighted by Gasteiger charge is -2.13. The van der Waals surface area contributed by atoms with Gasteiger partial charge in [0.05, 0.1) is 16.6 Å². The third kappa shape index (κ3) is 1.28. The van der Waals surface area contributed by atoms with E-state index in [1.165, 1.54) is 0 Å². The average molecular weight is 272 g/mol. The third-order valence-electron chi connectivity index (χ3n) is 3.84. The maximum atomic E-state index is 12.5. The number of fused-ring (bicyclic) bond motifs is 3. The minimum atomic E-state index is -3.27. The molecule has 1 aromatic heterocycles. The highest BCUT2D eigenvalue weighted by Crippen LogP contribution is 2.58. The van der Waals surface area contributed by atoms with Crippen molar-refractivity contribution < 1.29 is 8.42 Å². The molecule has 0 aliphatic carbocycles. The molecule has 4 rings (SSSR count). The van der Waals surface area contributed by atoms with Gasteiger partial charge < -0.3 is 4.90 Å². The topological polar surface area (TPSA) is 50.0 Å². The molecule has 2 aliphatic heterocycles. The molecule has 0 amide bonds. The van der Waals surface area contributed by atoms with Crippen molar-refractivity contribution in [3.05, 3.63) is 53.9 Å². The van der Waals surface area contributed by atoms with Gasteiger partial charge in [-0.2, -0.15) is 0 Å². The number of aryl methyl sites for hydroxylation is 1. The van der Waals surface area contributed by atoms with Crippen molar-refractivity contribution in [2.24, 2.45) is 0 Å². The standard InChI is InChI=1S/C14H12N2O2S/c1-9-13-11(7-8-15-9)12-14(19(13,17)18)16(12)10-5-3-2-4-6-10/h2-8,12,14H,1H3. The second-order valence-corrected chi connectivity index (χ2v) is 6.92. The summed E-state index contributed by atoms with van der Waals surface area (Å²) < 4.78 is 25.1. The molecular formula is C14H12N2O2S. The van der Waals surface area contributed by atoms with E-state index >= 15 is 0 Å². The Morgan fingerprint density at radius 1 is 1.16 bits per heavy atom. The second kappa shape index (κ2) is 3.36. The molecule has 0 radical (unpaired) electrons. The Hall–Kier alpha value is -1.88. The van der Waals surface area contributed by atoms with Crippen molar-refractivity contribution in [1.29, 1.82) is 0 Å². The SMILES string of the molecule is Cc1nccc2c1S(=O)(=O)C1C2N1c1ccccc1. The van der Waals surface area contributed by atoms with E-state index in [0.717, 1.165) is 11.3 Å². The average Bonchev–Trinajstić information content (AvgIpc) is 3.10. The number of pyridine rings is 1. The van der Waals surface area contributed by atoms with Gasteiger partial charge in [-0.05, 0) is 30.7 Å². The van der Waals surface area contributed by atoms with Gasteiger partial charge in [0, 0.05) is 11.9 Å². The first kappa shape index (κ1) is 11.0. The van der Waals surface area contributed by atoms with Crippen LogP contribution in [0.15, 0.2) is 47.5 Å². The number of nitrogens with zero attached hydrogens (tertiary/aromatic N) is 2. The molecule has 1 aromatic carbocycles. The van der Waals surface area contributed by atoms with Crippen LogP contribution >= 0.6 is 0 Å². The first-order chi connectivity index (χ1) is 9.12. The first-order valence-electron chi connectivity index (χ1n) is 6.15. The summed E-state index contributed by atoms with van der Waals surface area (Å²) in [6, 6.07) is 11.5.